The van der Waals surface area contributed by atoms with Crippen LogP contribution in [0.25, 0.3) is 0 Å². The topological polar surface area (TPSA) is 67.4 Å². The van der Waals surface area contributed by atoms with Gasteiger partial charge in [-0.3, -0.25) is 0 Å². The first-order valence-corrected chi connectivity index (χ1v) is 6.95. The first-order valence-electron chi connectivity index (χ1n) is 5.30. The maximum absolute atomic E-state index is 11.2. The standard InChI is InChI=1S/C9H22N2O3S/c1-4-11-15(12,13)7-6-10-9(3)8-14-5-2/h9-11H,4-8H2,1-3H3. The van der Waals surface area contributed by atoms with Crippen molar-refractivity contribution in [1.29, 1.82) is 0 Å². The molecule has 0 rings (SSSR count). The lowest BCUT2D eigenvalue weighted by Gasteiger charge is -2.13. The average molecular weight is 238 g/mol. The lowest BCUT2D eigenvalue weighted by atomic mass is 10.3. The van der Waals surface area contributed by atoms with Crippen LogP contribution in [0.1, 0.15) is 20.8 Å². The second kappa shape index (κ2) is 8.04. The Bertz CT molecular complexity index is 242. The molecule has 2 N–H and O–H groups in total. The third-order valence-electron chi connectivity index (χ3n) is 1.80. The predicted molar refractivity (Wildman–Crippen MR) is 61.4 cm³/mol. The molecule has 0 fully saturated rings. The highest BCUT2D eigenvalue weighted by Gasteiger charge is 2.08. The van der Waals surface area contributed by atoms with Crippen LogP contribution in [0.3, 0.4) is 0 Å². The molecule has 0 spiro atoms. The number of hydrogen-bond acceptors (Lipinski definition) is 4. The molecule has 0 aliphatic carbocycles. The monoisotopic (exact) mass is 238 g/mol. The van der Waals surface area contributed by atoms with Crippen LogP contribution >= 0.6 is 0 Å². The van der Waals surface area contributed by atoms with E-state index in [4.69, 9.17) is 4.74 Å². The number of hydrogen-bond donors (Lipinski definition) is 2. The summed E-state index contributed by atoms with van der Waals surface area (Å²) in [6.45, 7) is 7.85. The molecule has 92 valence electrons. The molecule has 0 saturated carbocycles. The van der Waals surface area contributed by atoms with E-state index in [1.54, 1.807) is 6.92 Å². The fourth-order valence-corrected chi connectivity index (χ4v) is 2.06. The van der Waals surface area contributed by atoms with Gasteiger partial charge in [-0.25, -0.2) is 13.1 Å². The lowest BCUT2D eigenvalue weighted by Crippen LogP contribution is -2.37. The van der Waals surface area contributed by atoms with E-state index in [-0.39, 0.29) is 11.8 Å². The van der Waals surface area contributed by atoms with Gasteiger partial charge in [0.05, 0.1) is 12.4 Å². The summed E-state index contributed by atoms with van der Waals surface area (Å²) in [4.78, 5) is 0. The molecule has 0 radical (unpaired) electrons. The Morgan fingerprint density at radius 3 is 2.53 bits per heavy atom. The van der Waals surface area contributed by atoms with Crippen molar-refractivity contribution in [2.75, 3.05) is 32.1 Å². The zero-order chi connectivity index (χ0) is 11.7. The average Bonchev–Trinajstić information content (AvgIpc) is 2.14. The van der Waals surface area contributed by atoms with Gasteiger partial charge in [0.1, 0.15) is 0 Å². The van der Waals surface area contributed by atoms with Gasteiger partial charge in [-0.2, -0.15) is 0 Å². The highest BCUT2D eigenvalue weighted by molar-refractivity contribution is 7.89. The largest absolute Gasteiger partial charge is 0.380 e. The molecule has 0 amide bonds. The molecule has 1 unspecified atom stereocenters. The van der Waals surface area contributed by atoms with E-state index in [9.17, 15) is 8.42 Å². The number of ether oxygens (including phenoxy) is 1. The molecule has 0 saturated heterocycles. The van der Waals surface area contributed by atoms with Crippen LogP contribution in [-0.4, -0.2) is 46.5 Å². The van der Waals surface area contributed by atoms with Gasteiger partial charge in [0, 0.05) is 25.7 Å². The zero-order valence-corrected chi connectivity index (χ0v) is 10.6. The number of sulfonamides is 1. The third kappa shape index (κ3) is 8.80. The fraction of sp³-hybridized carbons (Fsp3) is 1.00. The van der Waals surface area contributed by atoms with E-state index in [1.165, 1.54) is 0 Å². The summed E-state index contributed by atoms with van der Waals surface area (Å²) in [5.41, 5.74) is 0. The predicted octanol–water partition coefficient (Wildman–Crippen LogP) is -0.0597. The highest BCUT2D eigenvalue weighted by Crippen LogP contribution is 1.86. The molecule has 0 aliphatic rings. The highest BCUT2D eigenvalue weighted by atomic mass is 32.2. The smallest absolute Gasteiger partial charge is 0.212 e. The summed E-state index contributed by atoms with van der Waals surface area (Å²) in [7, 11) is -3.10. The zero-order valence-electron chi connectivity index (χ0n) is 9.75. The van der Waals surface area contributed by atoms with Crippen molar-refractivity contribution >= 4 is 10.0 Å². The van der Waals surface area contributed by atoms with Crippen LogP contribution in [0.4, 0.5) is 0 Å². The summed E-state index contributed by atoms with van der Waals surface area (Å²) >= 11 is 0. The third-order valence-corrected chi connectivity index (χ3v) is 3.27. The quantitative estimate of drug-likeness (QED) is 0.590. The molecule has 0 heterocycles. The molecular formula is C9H22N2O3S. The van der Waals surface area contributed by atoms with Crippen molar-refractivity contribution in [3.05, 3.63) is 0 Å². The molecule has 1 atom stereocenters. The van der Waals surface area contributed by atoms with Gasteiger partial charge in [-0.15, -0.1) is 0 Å². The Balaban J connectivity index is 3.60. The van der Waals surface area contributed by atoms with Gasteiger partial charge in [-0.1, -0.05) is 6.92 Å². The normalized spacial score (nSPS) is 14.1. The van der Waals surface area contributed by atoms with Crippen molar-refractivity contribution in [2.24, 2.45) is 0 Å². The maximum Gasteiger partial charge on any atom is 0.212 e. The van der Waals surface area contributed by atoms with E-state index < -0.39 is 10.0 Å². The van der Waals surface area contributed by atoms with E-state index in [1.807, 2.05) is 13.8 Å². The minimum atomic E-state index is -3.10. The Morgan fingerprint density at radius 2 is 2.00 bits per heavy atom. The van der Waals surface area contributed by atoms with Crippen LogP contribution in [0.15, 0.2) is 0 Å². The minimum Gasteiger partial charge on any atom is -0.380 e. The second-order valence-corrected chi connectivity index (χ2v) is 5.26. The molecule has 0 aromatic carbocycles. The Morgan fingerprint density at radius 1 is 1.33 bits per heavy atom. The first-order chi connectivity index (χ1) is 7.02. The van der Waals surface area contributed by atoms with Crippen molar-refractivity contribution in [2.45, 2.75) is 26.8 Å². The summed E-state index contributed by atoms with van der Waals surface area (Å²) in [6.07, 6.45) is 0. The molecule has 6 heteroatoms. The molecule has 0 bridgehead atoms. The number of rotatable bonds is 9. The number of nitrogens with one attached hydrogen (secondary N) is 2. The van der Waals surface area contributed by atoms with E-state index in [2.05, 4.69) is 10.0 Å². The van der Waals surface area contributed by atoms with Crippen LogP contribution in [0.2, 0.25) is 0 Å². The lowest BCUT2D eigenvalue weighted by molar-refractivity contribution is 0.128. The van der Waals surface area contributed by atoms with Crippen molar-refractivity contribution in [3.63, 3.8) is 0 Å². The molecular weight excluding hydrogens is 216 g/mol. The Hall–Kier alpha value is -0.170. The molecule has 0 aromatic rings. The van der Waals surface area contributed by atoms with Gasteiger partial charge in [-0.05, 0) is 13.8 Å². The summed E-state index contributed by atoms with van der Waals surface area (Å²) < 4.78 is 30.1. The summed E-state index contributed by atoms with van der Waals surface area (Å²) in [5, 5.41) is 3.09. The summed E-state index contributed by atoms with van der Waals surface area (Å²) in [6, 6.07) is 0.182. The Labute approximate surface area is 92.6 Å². The van der Waals surface area contributed by atoms with Crippen LogP contribution in [0, 0.1) is 0 Å². The Kier molecular flexibility index (Phi) is 7.95. The first kappa shape index (κ1) is 14.8. The van der Waals surface area contributed by atoms with Crippen molar-refractivity contribution in [1.82, 2.24) is 10.0 Å². The van der Waals surface area contributed by atoms with Crippen LogP contribution < -0.4 is 10.0 Å². The van der Waals surface area contributed by atoms with Crippen LogP contribution in [-0.2, 0) is 14.8 Å². The van der Waals surface area contributed by atoms with Gasteiger partial charge in [0.2, 0.25) is 10.0 Å². The second-order valence-electron chi connectivity index (χ2n) is 3.33. The molecule has 0 aromatic heterocycles. The van der Waals surface area contributed by atoms with Gasteiger partial charge >= 0.3 is 0 Å². The van der Waals surface area contributed by atoms with Gasteiger partial charge < -0.3 is 10.1 Å². The van der Waals surface area contributed by atoms with E-state index in [0.29, 0.717) is 26.3 Å². The van der Waals surface area contributed by atoms with Crippen molar-refractivity contribution in [3.8, 4) is 0 Å². The van der Waals surface area contributed by atoms with Gasteiger partial charge in [0.25, 0.3) is 0 Å². The SMILES string of the molecule is CCNS(=O)(=O)CCNC(C)COCC. The maximum atomic E-state index is 11.2. The fourth-order valence-electron chi connectivity index (χ4n) is 1.09. The van der Waals surface area contributed by atoms with Gasteiger partial charge in [0.15, 0.2) is 0 Å². The van der Waals surface area contributed by atoms with E-state index in [0.717, 1.165) is 0 Å². The van der Waals surface area contributed by atoms with E-state index >= 15 is 0 Å². The molecule has 0 aliphatic heterocycles. The molecule has 5 nitrogen and oxygen atoms in total. The van der Waals surface area contributed by atoms with Crippen LogP contribution in [0.5, 0.6) is 0 Å². The summed E-state index contributed by atoms with van der Waals surface area (Å²) in [5.74, 6) is 0.108. The minimum absolute atomic E-state index is 0.108. The van der Waals surface area contributed by atoms with Crippen molar-refractivity contribution < 1.29 is 13.2 Å². The molecule has 15 heavy (non-hydrogen) atoms.